The standard InChI is InChI=1S/C17H18N4O3S4/c1-3-10-26-17-20-19-16(27-17)18-15(22)12-6-8-13(9-7-12)21(2)28(23,24)14-5-4-11-25-14/h4-9,11H,3,10H2,1-2H3,(H,18,19,22). The zero-order chi connectivity index (χ0) is 20.1. The zero-order valence-electron chi connectivity index (χ0n) is 15.2. The molecule has 0 saturated carbocycles. The van der Waals surface area contributed by atoms with E-state index in [9.17, 15) is 13.2 Å². The molecule has 1 amide bonds. The second-order valence-corrected chi connectivity index (χ2v) is 11.1. The van der Waals surface area contributed by atoms with Gasteiger partial charge in [-0.2, -0.15) is 0 Å². The van der Waals surface area contributed by atoms with Crippen molar-refractivity contribution in [1.82, 2.24) is 10.2 Å². The van der Waals surface area contributed by atoms with Crippen LogP contribution in [0.3, 0.4) is 0 Å². The fraction of sp³-hybridized carbons (Fsp3) is 0.235. The summed E-state index contributed by atoms with van der Waals surface area (Å²) in [6, 6.07) is 9.62. The number of thioether (sulfide) groups is 1. The summed E-state index contributed by atoms with van der Waals surface area (Å²) in [6.07, 6.45) is 1.04. The lowest BCUT2D eigenvalue weighted by Gasteiger charge is -2.18. The molecule has 2 heterocycles. The maximum atomic E-state index is 12.6. The van der Waals surface area contributed by atoms with E-state index >= 15 is 0 Å². The van der Waals surface area contributed by atoms with Crippen molar-refractivity contribution in [3.8, 4) is 0 Å². The smallest absolute Gasteiger partial charge is 0.273 e. The van der Waals surface area contributed by atoms with Crippen molar-refractivity contribution >= 4 is 61.2 Å². The van der Waals surface area contributed by atoms with Gasteiger partial charge in [0.1, 0.15) is 4.21 Å². The molecule has 28 heavy (non-hydrogen) atoms. The number of hydrogen-bond acceptors (Lipinski definition) is 8. The fourth-order valence-electron chi connectivity index (χ4n) is 2.18. The first kappa shape index (κ1) is 20.8. The Balaban J connectivity index is 1.68. The molecule has 148 valence electrons. The van der Waals surface area contributed by atoms with Gasteiger partial charge in [-0.15, -0.1) is 21.5 Å². The van der Waals surface area contributed by atoms with E-state index in [1.54, 1.807) is 53.5 Å². The summed E-state index contributed by atoms with van der Waals surface area (Å²) in [5, 5.41) is 12.9. The van der Waals surface area contributed by atoms with Crippen molar-refractivity contribution < 1.29 is 13.2 Å². The van der Waals surface area contributed by atoms with Crippen LogP contribution < -0.4 is 9.62 Å². The molecule has 0 unspecified atom stereocenters. The molecule has 1 aromatic carbocycles. The number of rotatable bonds is 8. The minimum Gasteiger partial charge on any atom is -0.296 e. The molecule has 0 radical (unpaired) electrons. The van der Waals surface area contributed by atoms with Gasteiger partial charge in [0.25, 0.3) is 15.9 Å². The summed E-state index contributed by atoms with van der Waals surface area (Å²) >= 11 is 4.09. The van der Waals surface area contributed by atoms with Crippen molar-refractivity contribution in [2.45, 2.75) is 21.9 Å². The first-order valence-corrected chi connectivity index (χ1v) is 12.4. The molecule has 0 aliphatic rings. The van der Waals surface area contributed by atoms with Crippen LogP contribution in [-0.4, -0.2) is 37.3 Å². The van der Waals surface area contributed by atoms with Crippen LogP contribution in [0.15, 0.2) is 50.3 Å². The van der Waals surface area contributed by atoms with Crippen molar-refractivity contribution in [1.29, 1.82) is 0 Å². The lowest BCUT2D eigenvalue weighted by molar-refractivity contribution is 0.102. The third-order valence-electron chi connectivity index (χ3n) is 3.66. The molecular formula is C17H18N4O3S4. The van der Waals surface area contributed by atoms with E-state index < -0.39 is 10.0 Å². The lowest BCUT2D eigenvalue weighted by atomic mass is 10.2. The Bertz CT molecular complexity index is 1030. The third-order valence-corrected chi connectivity index (χ3v) is 9.00. The van der Waals surface area contributed by atoms with Crippen molar-refractivity contribution in [2.75, 3.05) is 22.4 Å². The van der Waals surface area contributed by atoms with E-state index in [1.807, 2.05) is 0 Å². The molecule has 1 N–H and O–H groups in total. The number of carbonyl (C=O) groups excluding carboxylic acids is 1. The molecule has 0 aliphatic carbocycles. The third kappa shape index (κ3) is 4.72. The number of nitrogens with zero attached hydrogens (tertiary/aromatic N) is 3. The molecule has 0 fully saturated rings. The van der Waals surface area contributed by atoms with E-state index in [4.69, 9.17) is 0 Å². The van der Waals surface area contributed by atoms with Crippen molar-refractivity contribution in [3.63, 3.8) is 0 Å². The molecule has 0 bridgehead atoms. The molecule has 0 aliphatic heterocycles. The topological polar surface area (TPSA) is 92.3 Å². The van der Waals surface area contributed by atoms with Gasteiger partial charge in [0.05, 0.1) is 5.69 Å². The maximum Gasteiger partial charge on any atom is 0.273 e. The Morgan fingerprint density at radius 3 is 2.61 bits per heavy atom. The first-order valence-electron chi connectivity index (χ1n) is 8.32. The van der Waals surface area contributed by atoms with Crippen LogP contribution in [0.2, 0.25) is 0 Å². The largest absolute Gasteiger partial charge is 0.296 e. The Morgan fingerprint density at radius 2 is 1.96 bits per heavy atom. The van der Waals surface area contributed by atoms with E-state index in [1.165, 1.54) is 22.7 Å². The first-order chi connectivity index (χ1) is 13.4. The number of thiophene rings is 1. The highest BCUT2D eigenvalue weighted by atomic mass is 32.2. The minimum absolute atomic E-state index is 0.268. The Morgan fingerprint density at radius 1 is 1.21 bits per heavy atom. The van der Waals surface area contributed by atoms with Crippen LogP contribution in [0.1, 0.15) is 23.7 Å². The van der Waals surface area contributed by atoms with E-state index in [0.717, 1.165) is 27.9 Å². The summed E-state index contributed by atoms with van der Waals surface area (Å²) in [4.78, 5) is 12.4. The van der Waals surface area contributed by atoms with Crippen LogP contribution >= 0.6 is 34.4 Å². The average molecular weight is 455 g/mol. The number of amides is 1. The summed E-state index contributed by atoms with van der Waals surface area (Å²) in [6.45, 7) is 2.09. The fourth-order valence-corrected chi connectivity index (χ4v) is 6.21. The van der Waals surface area contributed by atoms with Gasteiger partial charge in [-0.25, -0.2) is 8.42 Å². The van der Waals surface area contributed by atoms with Crippen LogP contribution in [0, 0.1) is 0 Å². The van der Waals surface area contributed by atoms with Gasteiger partial charge in [0.15, 0.2) is 4.34 Å². The number of sulfonamides is 1. The highest BCUT2D eigenvalue weighted by Crippen LogP contribution is 2.27. The molecule has 7 nitrogen and oxygen atoms in total. The van der Waals surface area contributed by atoms with Gasteiger partial charge in [0.2, 0.25) is 5.13 Å². The normalized spacial score (nSPS) is 11.4. The Kier molecular flexibility index (Phi) is 6.70. The van der Waals surface area contributed by atoms with E-state index in [-0.39, 0.29) is 10.1 Å². The van der Waals surface area contributed by atoms with E-state index in [0.29, 0.717) is 16.4 Å². The Hall–Kier alpha value is -1.95. The molecule has 0 spiro atoms. The van der Waals surface area contributed by atoms with Gasteiger partial charge in [-0.05, 0) is 42.1 Å². The van der Waals surface area contributed by atoms with Gasteiger partial charge in [0, 0.05) is 18.4 Å². The number of carbonyl (C=O) groups is 1. The molecule has 11 heteroatoms. The van der Waals surface area contributed by atoms with Gasteiger partial charge in [-0.3, -0.25) is 14.4 Å². The SMILES string of the molecule is CCCSc1nnc(NC(=O)c2ccc(N(C)S(=O)(=O)c3cccs3)cc2)s1. The van der Waals surface area contributed by atoms with Crippen molar-refractivity contribution in [2.24, 2.45) is 0 Å². The number of nitrogens with one attached hydrogen (secondary N) is 1. The quantitative estimate of drug-likeness (QED) is 0.405. The monoisotopic (exact) mass is 454 g/mol. The molecular weight excluding hydrogens is 436 g/mol. The number of benzene rings is 1. The molecule has 2 aromatic heterocycles. The average Bonchev–Trinajstić information content (AvgIpc) is 3.38. The van der Waals surface area contributed by atoms with Crippen LogP contribution in [-0.2, 0) is 10.0 Å². The van der Waals surface area contributed by atoms with Crippen LogP contribution in [0.25, 0.3) is 0 Å². The summed E-state index contributed by atoms with van der Waals surface area (Å²) in [5.74, 6) is 0.630. The van der Waals surface area contributed by atoms with Gasteiger partial charge < -0.3 is 0 Å². The Labute approximate surface area is 175 Å². The predicted molar refractivity (Wildman–Crippen MR) is 115 cm³/mol. The highest BCUT2D eigenvalue weighted by molar-refractivity contribution is 8.01. The summed E-state index contributed by atoms with van der Waals surface area (Å²) < 4.78 is 27.4. The molecule has 3 rings (SSSR count). The van der Waals surface area contributed by atoms with Crippen LogP contribution in [0.4, 0.5) is 10.8 Å². The minimum atomic E-state index is -3.60. The predicted octanol–water partition coefficient (Wildman–Crippen LogP) is 4.18. The maximum absolute atomic E-state index is 12.6. The molecule has 3 aromatic rings. The number of anilines is 2. The second kappa shape index (κ2) is 9.03. The molecule has 0 atom stereocenters. The van der Waals surface area contributed by atoms with E-state index in [2.05, 4.69) is 22.4 Å². The van der Waals surface area contributed by atoms with Gasteiger partial charge in [-0.1, -0.05) is 36.1 Å². The number of aromatic nitrogens is 2. The summed E-state index contributed by atoms with van der Waals surface area (Å²) in [5.41, 5.74) is 0.878. The molecule has 0 saturated heterocycles. The van der Waals surface area contributed by atoms with Gasteiger partial charge >= 0.3 is 0 Å². The lowest BCUT2D eigenvalue weighted by Crippen LogP contribution is -2.25. The van der Waals surface area contributed by atoms with Crippen LogP contribution in [0.5, 0.6) is 0 Å². The van der Waals surface area contributed by atoms with Crippen molar-refractivity contribution in [3.05, 3.63) is 47.3 Å². The highest BCUT2D eigenvalue weighted by Gasteiger charge is 2.22. The summed E-state index contributed by atoms with van der Waals surface area (Å²) in [7, 11) is -2.12. The second-order valence-electron chi connectivity index (χ2n) is 5.63. The number of hydrogen-bond donors (Lipinski definition) is 1. The zero-order valence-corrected chi connectivity index (χ0v) is 18.4.